The van der Waals surface area contributed by atoms with Gasteiger partial charge in [0.1, 0.15) is 5.75 Å². The van der Waals surface area contributed by atoms with Crippen LogP contribution in [0.3, 0.4) is 0 Å². The molecule has 0 aliphatic carbocycles. The molecule has 19 heavy (non-hydrogen) atoms. The molecule has 0 aliphatic rings. The van der Waals surface area contributed by atoms with Crippen molar-refractivity contribution in [3.05, 3.63) is 48.0 Å². The summed E-state index contributed by atoms with van der Waals surface area (Å²) in [6.07, 6.45) is 0. The fourth-order valence-electron chi connectivity index (χ4n) is 1.70. The van der Waals surface area contributed by atoms with Crippen LogP contribution in [0.2, 0.25) is 0 Å². The minimum Gasteiger partial charge on any atom is -0.494 e. The lowest BCUT2D eigenvalue weighted by Crippen LogP contribution is -2.14. The summed E-state index contributed by atoms with van der Waals surface area (Å²) in [6, 6.07) is 11.9. The SMILES string of the molecule is COc1cc(N)ccc1NC(=O)c1ccccc1N. The number of carbonyl (C=O) groups is 1. The van der Waals surface area contributed by atoms with Crippen LogP contribution in [-0.2, 0) is 0 Å². The molecule has 0 bridgehead atoms. The molecule has 0 heterocycles. The molecule has 0 unspecified atom stereocenters. The summed E-state index contributed by atoms with van der Waals surface area (Å²) in [5.41, 5.74) is 13.4. The van der Waals surface area contributed by atoms with Crippen molar-refractivity contribution in [3.8, 4) is 5.75 Å². The number of carbonyl (C=O) groups excluding carboxylic acids is 1. The van der Waals surface area contributed by atoms with E-state index in [1.165, 1.54) is 7.11 Å². The third kappa shape index (κ3) is 2.77. The molecule has 0 aromatic heterocycles. The topological polar surface area (TPSA) is 90.4 Å². The number of amides is 1. The van der Waals surface area contributed by atoms with E-state index in [1.54, 1.807) is 42.5 Å². The van der Waals surface area contributed by atoms with Gasteiger partial charge in [0.2, 0.25) is 0 Å². The van der Waals surface area contributed by atoms with Gasteiger partial charge in [0.25, 0.3) is 5.91 Å². The first kappa shape index (κ1) is 12.8. The summed E-state index contributed by atoms with van der Waals surface area (Å²) in [5, 5.41) is 2.75. The van der Waals surface area contributed by atoms with E-state index in [0.717, 1.165) is 0 Å². The zero-order chi connectivity index (χ0) is 13.8. The molecule has 0 atom stereocenters. The smallest absolute Gasteiger partial charge is 0.257 e. The number of hydrogen-bond acceptors (Lipinski definition) is 4. The van der Waals surface area contributed by atoms with Gasteiger partial charge in [-0.3, -0.25) is 4.79 Å². The Hall–Kier alpha value is -2.69. The number of nitrogen functional groups attached to an aromatic ring is 2. The minimum absolute atomic E-state index is 0.291. The maximum atomic E-state index is 12.1. The van der Waals surface area contributed by atoms with Gasteiger partial charge in [0.05, 0.1) is 18.4 Å². The molecule has 2 aromatic rings. The van der Waals surface area contributed by atoms with Crippen LogP contribution in [0.25, 0.3) is 0 Å². The van der Waals surface area contributed by atoms with Gasteiger partial charge in [-0.2, -0.15) is 0 Å². The van der Waals surface area contributed by atoms with E-state index in [2.05, 4.69) is 5.32 Å². The molecule has 5 nitrogen and oxygen atoms in total. The van der Waals surface area contributed by atoms with Crippen LogP contribution in [-0.4, -0.2) is 13.0 Å². The Bertz CT molecular complexity index is 611. The molecule has 0 spiro atoms. The van der Waals surface area contributed by atoms with Crippen LogP contribution in [0, 0.1) is 0 Å². The van der Waals surface area contributed by atoms with Gasteiger partial charge in [-0.05, 0) is 24.3 Å². The standard InChI is InChI=1S/C14H15N3O2/c1-19-13-8-9(15)6-7-12(13)17-14(18)10-4-2-3-5-11(10)16/h2-8H,15-16H2,1H3,(H,17,18). The van der Waals surface area contributed by atoms with E-state index in [0.29, 0.717) is 28.4 Å². The number of nitrogens with one attached hydrogen (secondary N) is 1. The molecule has 5 N–H and O–H groups in total. The van der Waals surface area contributed by atoms with Crippen molar-refractivity contribution in [2.75, 3.05) is 23.9 Å². The highest BCUT2D eigenvalue weighted by Gasteiger charge is 2.12. The van der Waals surface area contributed by atoms with Crippen molar-refractivity contribution in [1.29, 1.82) is 0 Å². The summed E-state index contributed by atoms with van der Waals surface area (Å²) < 4.78 is 5.17. The molecule has 98 valence electrons. The summed E-state index contributed by atoms with van der Waals surface area (Å²) in [4.78, 5) is 12.1. The number of methoxy groups -OCH3 is 1. The van der Waals surface area contributed by atoms with Gasteiger partial charge >= 0.3 is 0 Å². The molecule has 0 fully saturated rings. The third-order valence-corrected chi connectivity index (χ3v) is 2.68. The Morgan fingerprint density at radius 1 is 1.16 bits per heavy atom. The van der Waals surface area contributed by atoms with Gasteiger partial charge in [0, 0.05) is 17.4 Å². The number of rotatable bonds is 3. The predicted molar refractivity (Wildman–Crippen MR) is 76.2 cm³/mol. The average Bonchev–Trinajstić information content (AvgIpc) is 2.41. The number of ether oxygens (including phenoxy) is 1. The van der Waals surface area contributed by atoms with Crippen LogP contribution in [0.4, 0.5) is 17.1 Å². The molecule has 0 radical (unpaired) electrons. The fraction of sp³-hybridized carbons (Fsp3) is 0.0714. The third-order valence-electron chi connectivity index (χ3n) is 2.68. The second-order valence-corrected chi connectivity index (χ2v) is 4.00. The van der Waals surface area contributed by atoms with Gasteiger partial charge in [-0.1, -0.05) is 12.1 Å². The van der Waals surface area contributed by atoms with Crippen molar-refractivity contribution in [1.82, 2.24) is 0 Å². The van der Waals surface area contributed by atoms with E-state index < -0.39 is 0 Å². The monoisotopic (exact) mass is 257 g/mol. The second kappa shape index (κ2) is 5.30. The molecule has 1 amide bonds. The zero-order valence-electron chi connectivity index (χ0n) is 10.5. The number of hydrogen-bond donors (Lipinski definition) is 3. The Kier molecular flexibility index (Phi) is 3.56. The highest BCUT2D eigenvalue weighted by molar-refractivity contribution is 6.08. The van der Waals surface area contributed by atoms with Crippen LogP contribution in [0.5, 0.6) is 5.75 Å². The van der Waals surface area contributed by atoms with E-state index >= 15 is 0 Å². The van der Waals surface area contributed by atoms with Gasteiger partial charge in [-0.25, -0.2) is 0 Å². The van der Waals surface area contributed by atoms with Gasteiger partial charge in [-0.15, -0.1) is 0 Å². The quantitative estimate of drug-likeness (QED) is 0.734. The van der Waals surface area contributed by atoms with Crippen LogP contribution >= 0.6 is 0 Å². The summed E-state index contributed by atoms with van der Waals surface area (Å²) >= 11 is 0. The zero-order valence-corrected chi connectivity index (χ0v) is 10.5. The Labute approximate surface area is 111 Å². The lowest BCUT2D eigenvalue weighted by atomic mass is 10.1. The number of benzene rings is 2. The minimum atomic E-state index is -0.291. The van der Waals surface area contributed by atoms with Gasteiger partial charge < -0.3 is 21.5 Å². The Balaban J connectivity index is 2.27. The van der Waals surface area contributed by atoms with E-state index in [9.17, 15) is 4.79 Å². The first-order valence-corrected chi connectivity index (χ1v) is 5.71. The maximum Gasteiger partial charge on any atom is 0.257 e. The highest BCUT2D eigenvalue weighted by Crippen LogP contribution is 2.27. The molecule has 5 heteroatoms. The number of para-hydroxylation sites is 1. The van der Waals surface area contributed by atoms with Crippen molar-refractivity contribution in [2.24, 2.45) is 0 Å². The first-order chi connectivity index (χ1) is 9.11. The van der Waals surface area contributed by atoms with E-state index in [4.69, 9.17) is 16.2 Å². The average molecular weight is 257 g/mol. The summed E-state index contributed by atoms with van der Waals surface area (Å²) in [5.74, 6) is 0.212. The molecule has 2 rings (SSSR count). The summed E-state index contributed by atoms with van der Waals surface area (Å²) in [6.45, 7) is 0. The van der Waals surface area contributed by atoms with Crippen molar-refractivity contribution in [2.45, 2.75) is 0 Å². The van der Waals surface area contributed by atoms with Crippen LogP contribution < -0.4 is 21.5 Å². The maximum absolute atomic E-state index is 12.1. The number of nitrogens with two attached hydrogens (primary N) is 2. The van der Waals surface area contributed by atoms with Crippen molar-refractivity contribution in [3.63, 3.8) is 0 Å². The van der Waals surface area contributed by atoms with Crippen molar-refractivity contribution >= 4 is 23.0 Å². The molecule has 0 saturated carbocycles. The number of anilines is 3. The molecule has 0 aliphatic heterocycles. The van der Waals surface area contributed by atoms with Crippen LogP contribution in [0.15, 0.2) is 42.5 Å². The molecular formula is C14H15N3O2. The fourth-order valence-corrected chi connectivity index (χ4v) is 1.70. The van der Waals surface area contributed by atoms with E-state index in [1.807, 2.05) is 0 Å². The highest BCUT2D eigenvalue weighted by atomic mass is 16.5. The normalized spacial score (nSPS) is 9.95. The van der Waals surface area contributed by atoms with Gasteiger partial charge in [0.15, 0.2) is 0 Å². The second-order valence-electron chi connectivity index (χ2n) is 4.00. The molecular weight excluding hydrogens is 242 g/mol. The Morgan fingerprint density at radius 3 is 2.58 bits per heavy atom. The summed E-state index contributed by atoms with van der Waals surface area (Å²) in [7, 11) is 1.52. The van der Waals surface area contributed by atoms with Crippen LogP contribution in [0.1, 0.15) is 10.4 Å². The van der Waals surface area contributed by atoms with Crippen molar-refractivity contribution < 1.29 is 9.53 Å². The Morgan fingerprint density at radius 2 is 1.89 bits per heavy atom. The largest absolute Gasteiger partial charge is 0.494 e. The lowest BCUT2D eigenvalue weighted by Gasteiger charge is -2.11. The van der Waals surface area contributed by atoms with E-state index in [-0.39, 0.29) is 5.91 Å². The lowest BCUT2D eigenvalue weighted by molar-refractivity contribution is 0.102. The molecule has 2 aromatic carbocycles. The molecule has 0 saturated heterocycles. The first-order valence-electron chi connectivity index (χ1n) is 5.71. The predicted octanol–water partition coefficient (Wildman–Crippen LogP) is 2.11.